The molecule has 4 heteroatoms. The van der Waals surface area contributed by atoms with E-state index in [0.717, 1.165) is 32.4 Å². The molecule has 2 fully saturated rings. The first-order chi connectivity index (χ1) is 11.0. The zero-order chi connectivity index (χ0) is 16.4. The van der Waals surface area contributed by atoms with Gasteiger partial charge in [0.1, 0.15) is 5.82 Å². The molecule has 0 aromatic heterocycles. The van der Waals surface area contributed by atoms with E-state index < -0.39 is 5.41 Å². The van der Waals surface area contributed by atoms with Crippen LogP contribution >= 0.6 is 0 Å². The van der Waals surface area contributed by atoms with Crippen LogP contribution in [-0.4, -0.2) is 36.5 Å². The molecule has 1 aliphatic heterocycles. The smallest absolute Gasteiger partial charge is 0.230 e. The highest BCUT2D eigenvalue weighted by Crippen LogP contribution is 2.49. The predicted octanol–water partition coefficient (Wildman–Crippen LogP) is 3.09. The lowest BCUT2D eigenvalue weighted by molar-refractivity contribution is -0.123. The van der Waals surface area contributed by atoms with Gasteiger partial charge >= 0.3 is 0 Å². The summed E-state index contributed by atoms with van der Waals surface area (Å²) in [6, 6.07) is 7.25. The van der Waals surface area contributed by atoms with Crippen molar-refractivity contribution in [1.29, 1.82) is 0 Å². The maximum absolute atomic E-state index is 14.0. The summed E-state index contributed by atoms with van der Waals surface area (Å²) in [5.74, 6) is 0.250. The van der Waals surface area contributed by atoms with Crippen LogP contribution in [0.25, 0.3) is 0 Å². The normalized spacial score (nSPS) is 23.7. The van der Waals surface area contributed by atoms with Crippen LogP contribution in [0.3, 0.4) is 0 Å². The van der Waals surface area contributed by atoms with Gasteiger partial charge in [0.25, 0.3) is 0 Å². The summed E-state index contributed by atoms with van der Waals surface area (Å²) in [4.78, 5) is 15.1. The third-order valence-electron chi connectivity index (χ3n) is 5.41. The molecule has 126 valence electrons. The first-order valence-electron chi connectivity index (χ1n) is 8.80. The summed E-state index contributed by atoms with van der Waals surface area (Å²) in [6.07, 6.45) is 3.86. The molecule has 0 spiro atoms. The van der Waals surface area contributed by atoms with Crippen molar-refractivity contribution in [2.75, 3.05) is 19.6 Å². The van der Waals surface area contributed by atoms with Gasteiger partial charge in [-0.15, -0.1) is 0 Å². The largest absolute Gasteiger partial charge is 0.355 e. The van der Waals surface area contributed by atoms with Crippen LogP contribution in [0.2, 0.25) is 0 Å². The minimum Gasteiger partial charge on any atom is -0.355 e. The van der Waals surface area contributed by atoms with Gasteiger partial charge in [-0.2, -0.15) is 0 Å². The minimum atomic E-state index is -0.613. The molecule has 23 heavy (non-hydrogen) atoms. The molecule has 1 saturated carbocycles. The van der Waals surface area contributed by atoms with Crippen molar-refractivity contribution in [3.8, 4) is 0 Å². The number of likely N-dealkylation sites (tertiary alicyclic amines) is 1. The Morgan fingerprint density at radius 1 is 1.39 bits per heavy atom. The van der Waals surface area contributed by atoms with E-state index in [-0.39, 0.29) is 11.7 Å². The number of benzene rings is 1. The first-order valence-corrected chi connectivity index (χ1v) is 8.80. The van der Waals surface area contributed by atoms with Crippen molar-refractivity contribution >= 4 is 5.91 Å². The van der Waals surface area contributed by atoms with Crippen LogP contribution < -0.4 is 5.32 Å². The van der Waals surface area contributed by atoms with Gasteiger partial charge in [0.05, 0.1) is 5.41 Å². The maximum Gasteiger partial charge on any atom is 0.230 e. The van der Waals surface area contributed by atoms with E-state index in [4.69, 9.17) is 0 Å². The Bertz CT molecular complexity index is 568. The lowest BCUT2D eigenvalue weighted by atomic mass is 9.93. The van der Waals surface area contributed by atoms with Crippen molar-refractivity contribution in [1.82, 2.24) is 10.2 Å². The molecule has 0 bridgehead atoms. The Kier molecular flexibility index (Phi) is 4.72. The van der Waals surface area contributed by atoms with Gasteiger partial charge in [0.2, 0.25) is 5.91 Å². The summed E-state index contributed by atoms with van der Waals surface area (Å²) in [5.41, 5.74) is -0.0532. The number of piperidine rings is 1. The zero-order valence-electron chi connectivity index (χ0n) is 14.1. The molecule has 1 heterocycles. The van der Waals surface area contributed by atoms with E-state index in [1.165, 1.54) is 12.5 Å². The van der Waals surface area contributed by atoms with Crippen molar-refractivity contribution in [3.63, 3.8) is 0 Å². The molecule has 1 N–H and O–H groups in total. The minimum absolute atomic E-state index is 0.00395. The third-order valence-corrected chi connectivity index (χ3v) is 5.41. The second kappa shape index (κ2) is 6.60. The van der Waals surface area contributed by atoms with E-state index in [0.29, 0.717) is 24.1 Å². The second-order valence-electron chi connectivity index (χ2n) is 7.37. The maximum atomic E-state index is 14.0. The Labute approximate surface area is 138 Å². The van der Waals surface area contributed by atoms with Gasteiger partial charge in [-0.05, 0) is 58.1 Å². The molecular weight excluding hydrogens is 291 g/mol. The van der Waals surface area contributed by atoms with E-state index in [2.05, 4.69) is 24.1 Å². The van der Waals surface area contributed by atoms with Gasteiger partial charge in [-0.3, -0.25) is 4.79 Å². The van der Waals surface area contributed by atoms with Crippen LogP contribution in [0.15, 0.2) is 24.3 Å². The van der Waals surface area contributed by atoms with E-state index in [1.54, 1.807) is 12.1 Å². The van der Waals surface area contributed by atoms with Gasteiger partial charge in [-0.25, -0.2) is 4.39 Å². The number of rotatable bonds is 5. The molecule has 3 rings (SSSR count). The first kappa shape index (κ1) is 16.4. The van der Waals surface area contributed by atoms with Gasteiger partial charge in [-0.1, -0.05) is 18.2 Å². The summed E-state index contributed by atoms with van der Waals surface area (Å²) in [5, 5.41) is 3.11. The molecular formula is C19H27FN2O. The van der Waals surface area contributed by atoms with Crippen molar-refractivity contribution in [3.05, 3.63) is 35.6 Å². The van der Waals surface area contributed by atoms with Crippen LogP contribution in [0.1, 0.15) is 45.1 Å². The molecule has 0 unspecified atom stereocenters. The molecule has 1 aromatic rings. The average Bonchev–Trinajstić information content (AvgIpc) is 3.35. The number of amides is 1. The highest BCUT2D eigenvalue weighted by Gasteiger charge is 2.52. The van der Waals surface area contributed by atoms with Crippen molar-refractivity contribution < 1.29 is 9.18 Å². The topological polar surface area (TPSA) is 32.3 Å². The summed E-state index contributed by atoms with van der Waals surface area (Å²) in [7, 11) is 0. The van der Waals surface area contributed by atoms with Crippen LogP contribution in [0, 0.1) is 11.7 Å². The van der Waals surface area contributed by atoms with Gasteiger partial charge < -0.3 is 10.2 Å². The second-order valence-corrected chi connectivity index (χ2v) is 7.37. The fourth-order valence-electron chi connectivity index (χ4n) is 3.73. The molecule has 2 aliphatic rings. The quantitative estimate of drug-likeness (QED) is 0.905. The Balaban J connectivity index is 1.59. The van der Waals surface area contributed by atoms with E-state index >= 15 is 0 Å². The van der Waals surface area contributed by atoms with Crippen LogP contribution in [0.4, 0.5) is 4.39 Å². The monoisotopic (exact) mass is 318 g/mol. The SMILES string of the molecule is CC(C)N1CCC[C@H](CNC(=O)C2(c3ccccc3F)CC2)C1. The fraction of sp³-hybridized carbons (Fsp3) is 0.632. The highest BCUT2D eigenvalue weighted by molar-refractivity contribution is 5.91. The fourth-order valence-corrected chi connectivity index (χ4v) is 3.73. The zero-order valence-corrected chi connectivity index (χ0v) is 14.1. The Morgan fingerprint density at radius 3 is 2.78 bits per heavy atom. The molecule has 1 aliphatic carbocycles. The Hall–Kier alpha value is -1.42. The number of carbonyl (C=O) groups excluding carboxylic acids is 1. The average molecular weight is 318 g/mol. The molecule has 1 atom stereocenters. The van der Waals surface area contributed by atoms with Crippen LogP contribution in [-0.2, 0) is 10.2 Å². The number of hydrogen-bond donors (Lipinski definition) is 1. The molecule has 1 amide bonds. The van der Waals surface area contributed by atoms with Crippen LogP contribution in [0.5, 0.6) is 0 Å². The van der Waals surface area contributed by atoms with E-state index in [1.807, 2.05) is 6.07 Å². The molecule has 0 radical (unpaired) electrons. The molecule has 3 nitrogen and oxygen atoms in total. The van der Waals surface area contributed by atoms with Gasteiger partial charge in [0.15, 0.2) is 0 Å². The lowest BCUT2D eigenvalue weighted by Crippen LogP contribution is -2.45. The third kappa shape index (κ3) is 3.42. The molecule has 1 aromatic carbocycles. The number of hydrogen-bond acceptors (Lipinski definition) is 2. The standard InChI is InChI=1S/C19H27FN2O/c1-14(2)22-11-5-6-15(13-22)12-21-18(23)19(9-10-19)16-7-3-4-8-17(16)20/h3-4,7-8,14-15H,5-6,9-13H2,1-2H3,(H,21,23)/t15-/m1/s1. The van der Waals surface area contributed by atoms with Crippen molar-refractivity contribution in [2.24, 2.45) is 5.92 Å². The lowest BCUT2D eigenvalue weighted by Gasteiger charge is -2.35. The summed E-state index contributed by atoms with van der Waals surface area (Å²) < 4.78 is 14.0. The predicted molar refractivity (Wildman–Crippen MR) is 89.8 cm³/mol. The van der Waals surface area contributed by atoms with E-state index in [9.17, 15) is 9.18 Å². The number of carbonyl (C=O) groups is 1. The van der Waals surface area contributed by atoms with Crippen molar-refractivity contribution in [2.45, 2.75) is 51.0 Å². The number of nitrogens with zero attached hydrogens (tertiary/aromatic N) is 1. The Morgan fingerprint density at radius 2 is 2.13 bits per heavy atom. The number of halogens is 1. The summed E-state index contributed by atoms with van der Waals surface area (Å²) >= 11 is 0. The molecule has 1 saturated heterocycles. The van der Waals surface area contributed by atoms with Gasteiger partial charge in [0, 0.05) is 24.7 Å². The number of nitrogens with one attached hydrogen (secondary N) is 1. The summed E-state index contributed by atoms with van der Waals surface area (Å²) in [6.45, 7) is 7.35. The highest BCUT2D eigenvalue weighted by atomic mass is 19.1.